The molecular weight excluding hydrogens is 507 g/mol. The summed E-state index contributed by atoms with van der Waals surface area (Å²) in [5.74, 6) is -0.595. The molecule has 3 unspecified atom stereocenters. The average molecular weight is 543 g/mol. The van der Waals surface area contributed by atoms with E-state index >= 15 is 0 Å². The van der Waals surface area contributed by atoms with Crippen molar-refractivity contribution in [1.29, 1.82) is 0 Å². The Bertz CT molecular complexity index is 1410. The summed E-state index contributed by atoms with van der Waals surface area (Å²) in [7, 11) is 0. The molecule has 3 amide bonds. The van der Waals surface area contributed by atoms with Crippen LogP contribution in [0.1, 0.15) is 70.0 Å². The molecule has 0 radical (unpaired) electrons. The zero-order valence-electron chi connectivity index (χ0n) is 22.7. The van der Waals surface area contributed by atoms with E-state index in [1.54, 1.807) is 24.3 Å². The third-order valence-corrected chi connectivity index (χ3v) is 8.01. The standard InChI is InChI=1S/C32H35FN4O3/c1-20-8-10-23(11-9-20)29-17-30(38)36-27-16-24(31(39)35-19-22-5-2-4-21(14-22)18-34)12-13-28(27)37(29)32(40)25-6-3-7-26(33)15-25/h3,6-13,15-16,21-22,29H,2,4-5,14,17-19,34H2,1H3,(H,35,39)(H,36,38). The SMILES string of the molecule is Cc1ccc(C2CC(=O)Nc3cc(C(=O)NCC4CCCC(CN)C4)ccc3N2C(=O)c2cccc(F)c2)cc1. The summed E-state index contributed by atoms with van der Waals surface area (Å²) in [4.78, 5) is 41.7. The number of halogens is 1. The van der Waals surface area contributed by atoms with Crippen LogP contribution in [0, 0.1) is 24.6 Å². The molecule has 8 heteroatoms. The number of hydrogen-bond acceptors (Lipinski definition) is 4. The molecule has 4 N–H and O–H groups in total. The summed E-state index contributed by atoms with van der Waals surface area (Å²) in [6.07, 6.45) is 4.33. The van der Waals surface area contributed by atoms with Crippen LogP contribution in [0.3, 0.4) is 0 Å². The predicted molar refractivity (Wildman–Crippen MR) is 154 cm³/mol. The molecule has 2 aliphatic rings. The van der Waals surface area contributed by atoms with E-state index in [0.29, 0.717) is 41.9 Å². The Balaban J connectivity index is 1.47. The van der Waals surface area contributed by atoms with Gasteiger partial charge in [-0.2, -0.15) is 0 Å². The number of nitrogens with one attached hydrogen (secondary N) is 2. The molecule has 3 aromatic carbocycles. The number of carbonyl (C=O) groups is 3. The van der Waals surface area contributed by atoms with Crippen LogP contribution in [0.2, 0.25) is 0 Å². The number of anilines is 2. The Morgan fingerprint density at radius 2 is 1.80 bits per heavy atom. The van der Waals surface area contributed by atoms with Gasteiger partial charge in [0.15, 0.2) is 0 Å². The van der Waals surface area contributed by atoms with E-state index in [-0.39, 0.29) is 23.8 Å². The highest BCUT2D eigenvalue weighted by atomic mass is 19.1. The fourth-order valence-electron chi connectivity index (χ4n) is 5.83. The average Bonchev–Trinajstić information content (AvgIpc) is 3.11. The smallest absolute Gasteiger partial charge is 0.259 e. The Labute approximate surface area is 233 Å². The fraction of sp³-hybridized carbons (Fsp3) is 0.344. The second-order valence-corrected chi connectivity index (χ2v) is 10.9. The van der Waals surface area contributed by atoms with Gasteiger partial charge in [0, 0.05) is 17.7 Å². The monoisotopic (exact) mass is 542 g/mol. The largest absolute Gasteiger partial charge is 0.352 e. The summed E-state index contributed by atoms with van der Waals surface area (Å²) < 4.78 is 14.1. The molecule has 5 rings (SSSR count). The van der Waals surface area contributed by atoms with Crippen LogP contribution in [0.15, 0.2) is 66.7 Å². The number of rotatable bonds is 6. The lowest BCUT2D eigenvalue weighted by Gasteiger charge is -2.31. The minimum atomic E-state index is -0.626. The first-order valence-corrected chi connectivity index (χ1v) is 13.9. The van der Waals surface area contributed by atoms with Gasteiger partial charge >= 0.3 is 0 Å². The summed E-state index contributed by atoms with van der Waals surface area (Å²) in [5.41, 5.74) is 9.05. The Morgan fingerprint density at radius 1 is 1.02 bits per heavy atom. The number of nitrogens with zero attached hydrogens (tertiary/aromatic N) is 1. The third-order valence-electron chi connectivity index (χ3n) is 8.01. The van der Waals surface area contributed by atoms with E-state index in [1.165, 1.54) is 23.1 Å². The highest BCUT2D eigenvalue weighted by Gasteiger charge is 2.34. The Hall–Kier alpha value is -4.04. The van der Waals surface area contributed by atoms with E-state index in [0.717, 1.165) is 36.8 Å². The molecule has 208 valence electrons. The molecule has 1 aliphatic carbocycles. The third kappa shape index (κ3) is 6.07. The number of hydrogen-bond donors (Lipinski definition) is 3. The molecule has 1 heterocycles. The van der Waals surface area contributed by atoms with E-state index in [1.807, 2.05) is 31.2 Å². The maximum atomic E-state index is 14.1. The molecular formula is C32H35FN4O3. The second-order valence-electron chi connectivity index (χ2n) is 10.9. The summed E-state index contributed by atoms with van der Waals surface area (Å²) in [6.45, 7) is 3.20. The topological polar surface area (TPSA) is 105 Å². The van der Waals surface area contributed by atoms with Crippen LogP contribution in [-0.2, 0) is 4.79 Å². The zero-order valence-corrected chi connectivity index (χ0v) is 22.7. The minimum Gasteiger partial charge on any atom is -0.352 e. The van der Waals surface area contributed by atoms with Crippen molar-refractivity contribution in [2.45, 2.75) is 45.1 Å². The lowest BCUT2D eigenvalue weighted by Crippen LogP contribution is -2.35. The van der Waals surface area contributed by atoms with E-state index in [4.69, 9.17) is 5.73 Å². The quantitative estimate of drug-likeness (QED) is 0.390. The fourth-order valence-corrected chi connectivity index (χ4v) is 5.83. The van der Waals surface area contributed by atoms with Crippen molar-refractivity contribution in [1.82, 2.24) is 5.32 Å². The zero-order chi connectivity index (χ0) is 28.2. The van der Waals surface area contributed by atoms with E-state index in [2.05, 4.69) is 10.6 Å². The van der Waals surface area contributed by atoms with Gasteiger partial charge in [-0.05, 0) is 86.5 Å². The lowest BCUT2D eigenvalue weighted by atomic mass is 9.81. The van der Waals surface area contributed by atoms with Gasteiger partial charge < -0.3 is 16.4 Å². The van der Waals surface area contributed by atoms with Crippen molar-refractivity contribution in [3.05, 3.63) is 94.8 Å². The number of amides is 3. The first-order valence-electron chi connectivity index (χ1n) is 13.9. The first-order chi connectivity index (χ1) is 19.3. The van der Waals surface area contributed by atoms with Crippen molar-refractivity contribution in [3.63, 3.8) is 0 Å². The Morgan fingerprint density at radius 3 is 2.55 bits per heavy atom. The second kappa shape index (κ2) is 12.0. The highest BCUT2D eigenvalue weighted by molar-refractivity contribution is 6.12. The molecule has 7 nitrogen and oxygen atoms in total. The van der Waals surface area contributed by atoms with Gasteiger partial charge in [0.05, 0.1) is 23.8 Å². The summed E-state index contributed by atoms with van der Waals surface area (Å²) in [6, 6.07) is 17.5. The van der Waals surface area contributed by atoms with E-state index in [9.17, 15) is 18.8 Å². The molecule has 3 aromatic rings. The summed E-state index contributed by atoms with van der Waals surface area (Å²) >= 11 is 0. The van der Waals surface area contributed by atoms with Crippen molar-refractivity contribution < 1.29 is 18.8 Å². The number of carbonyl (C=O) groups excluding carboxylic acids is 3. The molecule has 1 fully saturated rings. The van der Waals surface area contributed by atoms with Gasteiger partial charge in [0.25, 0.3) is 11.8 Å². The molecule has 0 aromatic heterocycles. The number of benzene rings is 3. The van der Waals surface area contributed by atoms with Gasteiger partial charge in [0.1, 0.15) is 5.82 Å². The maximum Gasteiger partial charge on any atom is 0.259 e. The van der Waals surface area contributed by atoms with Gasteiger partial charge in [-0.15, -0.1) is 0 Å². The molecule has 0 spiro atoms. The molecule has 1 aliphatic heterocycles. The van der Waals surface area contributed by atoms with Crippen LogP contribution in [0.4, 0.5) is 15.8 Å². The van der Waals surface area contributed by atoms with Crippen LogP contribution >= 0.6 is 0 Å². The minimum absolute atomic E-state index is 0.00428. The molecule has 3 atom stereocenters. The lowest BCUT2D eigenvalue weighted by molar-refractivity contribution is -0.116. The van der Waals surface area contributed by atoms with Gasteiger partial charge in [-0.25, -0.2) is 4.39 Å². The van der Waals surface area contributed by atoms with Crippen LogP contribution in [0.5, 0.6) is 0 Å². The van der Waals surface area contributed by atoms with Crippen LogP contribution < -0.4 is 21.3 Å². The molecule has 1 saturated carbocycles. The van der Waals surface area contributed by atoms with Crippen LogP contribution in [0.25, 0.3) is 0 Å². The highest BCUT2D eigenvalue weighted by Crippen LogP contribution is 2.40. The molecule has 40 heavy (non-hydrogen) atoms. The maximum absolute atomic E-state index is 14.1. The number of nitrogens with two attached hydrogens (primary N) is 1. The van der Waals surface area contributed by atoms with Crippen LogP contribution in [-0.4, -0.2) is 30.8 Å². The van der Waals surface area contributed by atoms with Crippen molar-refractivity contribution in [2.24, 2.45) is 17.6 Å². The summed E-state index contributed by atoms with van der Waals surface area (Å²) in [5, 5.41) is 5.93. The van der Waals surface area contributed by atoms with Crippen molar-refractivity contribution in [2.75, 3.05) is 23.3 Å². The van der Waals surface area contributed by atoms with Crippen molar-refractivity contribution >= 4 is 29.1 Å². The number of fused-ring (bicyclic) bond motifs is 1. The normalized spacial score (nSPS) is 20.7. The van der Waals surface area contributed by atoms with Gasteiger partial charge in [-0.1, -0.05) is 42.3 Å². The Kier molecular flexibility index (Phi) is 8.26. The first kappa shape index (κ1) is 27.5. The van der Waals surface area contributed by atoms with Gasteiger partial charge in [0.2, 0.25) is 5.91 Å². The number of aryl methyl sites for hydroxylation is 1. The van der Waals surface area contributed by atoms with E-state index < -0.39 is 17.8 Å². The van der Waals surface area contributed by atoms with Crippen molar-refractivity contribution in [3.8, 4) is 0 Å². The molecule has 0 bridgehead atoms. The van der Waals surface area contributed by atoms with Gasteiger partial charge in [-0.3, -0.25) is 19.3 Å². The predicted octanol–water partition coefficient (Wildman–Crippen LogP) is 5.36. The molecule has 0 saturated heterocycles.